The third kappa shape index (κ3) is 4.80. The molecule has 5 nitrogen and oxygen atoms in total. The highest BCUT2D eigenvalue weighted by Crippen LogP contribution is 2.12. The standard InChI is InChI=1S/C19H24N2O3/c1-14(22)16-10-17(21(4)11-16)18(23)20-19(2,3)13-24-12-15-8-6-5-7-9-15/h5-11H,12-13H2,1-4H3,(H,20,23). The molecule has 0 radical (unpaired) electrons. The summed E-state index contributed by atoms with van der Waals surface area (Å²) in [5, 5.41) is 2.96. The van der Waals surface area contributed by atoms with Crippen LogP contribution in [0.4, 0.5) is 0 Å². The highest BCUT2D eigenvalue weighted by Gasteiger charge is 2.23. The summed E-state index contributed by atoms with van der Waals surface area (Å²) in [5.41, 5.74) is 1.55. The number of nitrogens with one attached hydrogen (secondary N) is 1. The number of nitrogens with zero attached hydrogens (tertiary/aromatic N) is 1. The number of aryl methyl sites for hydroxylation is 1. The molecular weight excluding hydrogens is 304 g/mol. The maximum absolute atomic E-state index is 12.5. The molecule has 1 heterocycles. The molecule has 1 aromatic heterocycles. The van der Waals surface area contributed by atoms with E-state index in [2.05, 4.69) is 5.32 Å². The third-order valence-electron chi connectivity index (χ3n) is 3.67. The van der Waals surface area contributed by atoms with Gasteiger partial charge in [-0.25, -0.2) is 0 Å². The number of aromatic nitrogens is 1. The summed E-state index contributed by atoms with van der Waals surface area (Å²) in [7, 11) is 1.75. The van der Waals surface area contributed by atoms with Gasteiger partial charge < -0.3 is 14.6 Å². The van der Waals surface area contributed by atoms with Crippen molar-refractivity contribution in [3.8, 4) is 0 Å². The summed E-state index contributed by atoms with van der Waals surface area (Å²) in [6.07, 6.45) is 1.66. The minimum Gasteiger partial charge on any atom is -0.374 e. The lowest BCUT2D eigenvalue weighted by molar-refractivity contribution is 0.0613. The molecule has 0 atom stereocenters. The van der Waals surface area contributed by atoms with Gasteiger partial charge in [-0.1, -0.05) is 30.3 Å². The SMILES string of the molecule is CC(=O)c1cc(C(=O)NC(C)(C)COCc2ccccc2)n(C)c1. The molecule has 0 saturated carbocycles. The lowest BCUT2D eigenvalue weighted by atomic mass is 10.1. The van der Waals surface area contributed by atoms with Crippen LogP contribution in [0, 0.1) is 0 Å². The second kappa shape index (κ2) is 7.45. The van der Waals surface area contributed by atoms with Crippen molar-refractivity contribution in [2.45, 2.75) is 32.9 Å². The molecule has 0 spiro atoms. The zero-order valence-corrected chi connectivity index (χ0v) is 14.6. The number of hydrogen-bond donors (Lipinski definition) is 1. The molecular formula is C19H24N2O3. The third-order valence-corrected chi connectivity index (χ3v) is 3.67. The lowest BCUT2D eigenvalue weighted by Crippen LogP contribution is -2.47. The first-order chi connectivity index (χ1) is 11.3. The van der Waals surface area contributed by atoms with Crippen molar-refractivity contribution in [3.05, 3.63) is 59.4 Å². The van der Waals surface area contributed by atoms with Gasteiger partial charge in [0.15, 0.2) is 5.78 Å². The van der Waals surface area contributed by atoms with Gasteiger partial charge in [-0.3, -0.25) is 9.59 Å². The molecule has 0 aliphatic carbocycles. The van der Waals surface area contributed by atoms with Gasteiger partial charge in [0.25, 0.3) is 5.91 Å². The zero-order valence-electron chi connectivity index (χ0n) is 14.6. The first-order valence-corrected chi connectivity index (χ1v) is 7.90. The van der Waals surface area contributed by atoms with Crippen LogP contribution in [-0.2, 0) is 18.4 Å². The Balaban J connectivity index is 1.93. The van der Waals surface area contributed by atoms with E-state index in [-0.39, 0.29) is 11.7 Å². The normalized spacial score (nSPS) is 11.3. The minimum absolute atomic E-state index is 0.0601. The van der Waals surface area contributed by atoms with Crippen molar-refractivity contribution in [3.63, 3.8) is 0 Å². The van der Waals surface area contributed by atoms with Crippen molar-refractivity contribution < 1.29 is 14.3 Å². The van der Waals surface area contributed by atoms with Crippen LogP contribution in [0.1, 0.15) is 47.2 Å². The summed E-state index contributed by atoms with van der Waals surface area (Å²) in [5.74, 6) is -0.284. The maximum Gasteiger partial charge on any atom is 0.268 e. The Morgan fingerprint density at radius 1 is 1.21 bits per heavy atom. The van der Waals surface area contributed by atoms with E-state index in [1.807, 2.05) is 44.2 Å². The number of benzene rings is 1. The van der Waals surface area contributed by atoms with E-state index in [1.165, 1.54) is 6.92 Å². The second-order valence-electron chi connectivity index (χ2n) is 6.60. The van der Waals surface area contributed by atoms with Gasteiger partial charge >= 0.3 is 0 Å². The molecule has 1 amide bonds. The Kier molecular flexibility index (Phi) is 5.57. The van der Waals surface area contributed by atoms with Gasteiger partial charge in [0.1, 0.15) is 5.69 Å². The fraction of sp³-hybridized carbons (Fsp3) is 0.368. The number of ether oxygens (including phenoxy) is 1. The molecule has 0 unspecified atom stereocenters. The van der Waals surface area contributed by atoms with Crippen molar-refractivity contribution in [2.24, 2.45) is 7.05 Å². The van der Waals surface area contributed by atoms with Gasteiger partial charge in [-0.15, -0.1) is 0 Å². The first-order valence-electron chi connectivity index (χ1n) is 7.90. The molecule has 1 aromatic carbocycles. The van der Waals surface area contributed by atoms with Crippen molar-refractivity contribution in [2.75, 3.05) is 6.61 Å². The highest BCUT2D eigenvalue weighted by atomic mass is 16.5. The number of Topliss-reactive ketones (excluding diaryl/α,β-unsaturated/α-hetero) is 1. The van der Waals surface area contributed by atoms with Crippen LogP contribution < -0.4 is 5.32 Å². The number of carbonyl (C=O) groups is 2. The van der Waals surface area contributed by atoms with Crippen LogP contribution >= 0.6 is 0 Å². The van der Waals surface area contributed by atoms with Crippen LogP contribution in [0.2, 0.25) is 0 Å². The predicted octanol–water partition coefficient (Wildman–Crippen LogP) is 2.95. The van der Waals surface area contributed by atoms with Crippen LogP contribution in [0.25, 0.3) is 0 Å². The Bertz CT molecular complexity index is 717. The van der Waals surface area contributed by atoms with Gasteiger partial charge in [0, 0.05) is 18.8 Å². The molecule has 0 fully saturated rings. The summed E-state index contributed by atoms with van der Waals surface area (Å²) >= 11 is 0. The van der Waals surface area contributed by atoms with Gasteiger partial charge in [0.05, 0.1) is 18.8 Å². The van der Waals surface area contributed by atoms with Crippen LogP contribution in [0.3, 0.4) is 0 Å². The smallest absolute Gasteiger partial charge is 0.268 e. The quantitative estimate of drug-likeness (QED) is 0.795. The number of ketones is 1. The number of hydrogen-bond acceptors (Lipinski definition) is 3. The van der Waals surface area contributed by atoms with E-state index in [4.69, 9.17) is 4.74 Å². The Morgan fingerprint density at radius 3 is 2.46 bits per heavy atom. The van der Waals surface area contributed by atoms with Crippen molar-refractivity contribution in [1.29, 1.82) is 0 Å². The summed E-state index contributed by atoms with van der Waals surface area (Å²) in [6.45, 7) is 6.18. The largest absolute Gasteiger partial charge is 0.374 e. The fourth-order valence-corrected chi connectivity index (χ4v) is 2.39. The Labute approximate surface area is 142 Å². The van der Waals surface area contributed by atoms with Crippen LogP contribution in [0.15, 0.2) is 42.6 Å². The van der Waals surface area contributed by atoms with E-state index in [9.17, 15) is 9.59 Å². The van der Waals surface area contributed by atoms with E-state index < -0.39 is 5.54 Å². The molecule has 5 heteroatoms. The number of carbonyl (C=O) groups excluding carboxylic acids is 2. The molecule has 0 aliphatic heterocycles. The Hall–Kier alpha value is -2.40. The van der Waals surface area contributed by atoms with E-state index in [1.54, 1.807) is 23.9 Å². The average molecular weight is 328 g/mol. The molecule has 0 bridgehead atoms. The summed E-state index contributed by atoms with van der Waals surface area (Å²) in [4.78, 5) is 23.9. The molecule has 1 N–H and O–H groups in total. The maximum atomic E-state index is 12.5. The summed E-state index contributed by atoms with van der Waals surface area (Å²) < 4.78 is 7.38. The zero-order chi connectivity index (χ0) is 17.7. The summed E-state index contributed by atoms with van der Waals surface area (Å²) in [6, 6.07) is 11.5. The lowest BCUT2D eigenvalue weighted by Gasteiger charge is -2.26. The van der Waals surface area contributed by atoms with E-state index in [0.29, 0.717) is 24.5 Å². The molecule has 128 valence electrons. The monoisotopic (exact) mass is 328 g/mol. The first kappa shape index (κ1) is 17.9. The van der Waals surface area contributed by atoms with Gasteiger partial charge in [-0.05, 0) is 32.4 Å². The topological polar surface area (TPSA) is 60.3 Å². The van der Waals surface area contributed by atoms with E-state index in [0.717, 1.165) is 5.56 Å². The average Bonchev–Trinajstić information content (AvgIpc) is 2.90. The predicted molar refractivity (Wildman–Crippen MR) is 93.1 cm³/mol. The second-order valence-corrected chi connectivity index (χ2v) is 6.60. The Morgan fingerprint density at radius 2 is 1.88 bits per heavy atom. The van der Waals surface area contributed by atoms with Crippen LogP contribution in [0.5, 0.6) is 0 Å². The van der Waals surface area contributed by atoms with Gasteiger partial charge in [-0.2, -0.15) is 0 Å². The molecule has 0 saturated heterocycles. The molecule has 2 aromatic rings. The van der Waals surface area contributed by atoms with Crippen molar-refractivity contribution >= 4 is 11.7 Å². The highest BCUT2D eigenvalue weighted by molar-refractivity contribution is 5.99. The van der Waals surface area contributed by atoms with Crippen molar-refractivity contribution in [1.82, 2.24) is 9.88 Å². The molecule has 2 rings (SSSR count). The molecule has 0 aliphatic rings. The number of amides is 1. The fourth-order valence-electron chi connectivity index (χ4n) is 2.39. The number of rotatable bonds is 7. The van der Waals surface area contributed by atoms with Gasteiger partial charge in [0.2, 0.25) is 0 Å². The van der Waals surface area contributed by atoms with Crippen LogP contribution in [-0.4, -0.2) is 28.4 Å². The minimum atomic E-state index is -0.521. The van der Waals surface area contributed by atoms with E-state index >= 15 is 0 Å². The molecule has 24 heavy (non-hydrogen) atoms.